The van der Waals surface area contributed by atoms with Crippen molar-refractivity contribution in [1.29, 1.82) is 0 Å². The van der Waals surface area contributed by atoms with Crippen LogP contribution in [0.25, 0.3) is 0 Å². The molecule has 0 radical (unpaired) electrons. The molecule has 0 aromatic rings. The van der Waals surface area contributed by atoms with Gasteiger partial charge in [-0.05, 0) is 37.8 Å². The molecule has 2 fully saturated rings. The molecule has 2 rings (SSSR count). The molecule has 2 aliphatic rings. The van der Waals surface area contributed by atoms with E-state index in [-0.39, 0.29) is 18.3 Å². The number of piperidine rings is 1. The number of rotatable bonds is 4. The minimum absolute atomic E-state index is 0. The van der Waals surface area contributed by atoms with Crippen LogP contribution < -0.4 is 10.5 Å². The van der Waals surface area contributed by atoms with Crippen LogP contribution in [0.3, 0.4) is 0 Å². The van der Waals surface area contributed by atoms with Crippen molar-refractivity contribution in [2.45, 2.75) is 26.2 Å². The predicted molar refractivity (Wildman–Crippen MR) is 87.9 cm³/mol. The van der Waals surface area contributed by atoms with Crippen molar-refractivity contribution in [2.75, 3.05) is 39.3 Å². The number of nitrogens with one attached hydrogen (secondary N) is 1. The summed E-state index contributed by atoms with van der Waals surface area (Å²) >= 11 is 0. The SMILES string of the molecule is CC(CC(=O)N1CCN(S(N)(=O)=O)CC1)C1CCNCC1.Cl. The fraction of sp³-hybridized carbons (Fsp3) is 0.923. The molecule has 3 N–H and O–H groups in total. The lowest BCUT2D eigenvalue weighted by Crippen LogP contribution is -2.52. The molecule has 0 aliphatic carbocycles. The fourth-order valence-electron chi connectivity index (χ4n) is 3.18. The van der Waals surface area contributed by atoms with E-state index in [1.165, 1.54) is 4.31 Å². The third kappa shape index (κ3) is 5.34. The molecule has 0 bridgehead atoms. The lowest BCUT2D eigenvalue weighted by Gasteiger charge is -2.34. The lowest BCUT2D eigenvalue weighted by molar-refractivity contribution is -0.133. The standard InChI is InChI=1S/C13H26N4O3S.ClH/c1-11(12-2-4-15-5-3-12)10-13(18)16-6-8-17(9-7-16)21(14,19)20;/h11-12,15H,2-10H2,1H3,(H2,14,19,20);1H. The Labute approximate surface area is 139 Å². The van der Waals surface area contributed by atoms with Crippen LogP contribution >= 0.6 is 12.4 Å². The highest BCUT2D eigenvalue weighted by Crippen LogP contribution is 2.25. The summed E-state index contributed by atoms with van der Waals surface area (Å²) in [4.78, 5) is 14.1. The van der Waals surface area contributed by atoms with Crippen molar-refractivity contribution in [2.24, 2.45) is 17.0 Å². The van der Waals surface area contributed by atoms with E-state index in [2.05, 4.69) is 12.2 Å². The van der Waals surface area contributed by atoms with Gasteiger partial charge in [0, 0.05) is 32.6 Å². The Kier molecular flexibility index (Phi) is 7.54. The van der Waals surface area contributed by atoms with Crippen LogP contribution in [0.15, 0.2) is 0 Å². The van der Waals surface area contributed by atoms with Gasteiger partial charge in [0.2, 0.25) is 5.91 Å². The molecule has 0 aromatic heterocycles. The molecule has 7 nitrogen and oxygen atoms in total. The summed E-state index contributed by atoms with van der Waals surface area (Å²) in [5.74, 6) is 1.13. The van der Waals surface area contributed by atoms with Gasteiger partial charge in [-0.25, -0.2) is 5.14 Å². The van der Waals surface area contributed by atoms with Gasteiger partial charge < -0.3 is 10.2 Å². The number of amides is 1. The highest BCUT2D eigenvalue weighted by molar-refractivity contribution is 7.86. The Bertz CT molecular complexity index is 460. The normalized spacial score (nSPS) is 22.9. The van der Waals surface area contributed by atoms with Crippen LogP contribution in [0.1, 0.15) is 26.2 Å². The topological polar surface area (TPSA) is 95.7 Å². The summed E-state index contributed by atoms with van der Waals surface area (Å²) in [5, 5.41) is 8.43. The molecule has 9 heteroatoms. The zero-order valence-corrected chi connectivity index (χ0v) is 14.7. The zero-order chi connectivity index (χ0) is 15.5. The highest BCUT2D eigenvalue weighted by atomic mass is 35.5. The average Bonchev–Trinajstić information content (AvgIpc) is 2.47. The average molecular weight is 355 g/mol. The van der Waals surface area contributed by atoms with Gasteiger partial charge in [0.15, 0.2) is 0 Å². The monoisotopic (exact) mass is 354 g/mol. The van der Waals surface area contributed by atoms with E-state index in [9.17, 15) is 13.2 Å². The second kappa shape index (κ2) is 8.44. The van der Waals surface area contributed by atoms with E-state index >= 15 is 0 Å². The smallest absolute Gasteiger partial charge is 0.277 e. The van der Waals surface area contributed by atoms with E-state index < -0.39 is 10.2 Å². The molecule has 1 amide bonds. The summed E-state index contributed by atoms with van der Waals surface area (Å²) in [5.41, 5.74) is 0. The van der Waals surface area contributed by atoms with Gasteiger partial charge >= 0.3 is 0 Å². The summed E-state index contributed by atoms with van der Waals surface area (Å²) in [6.45, 7) is 5.70. The van der Waals surface area contributed by atoms with Gasteiger partial charge in [-0.15, -0.1) is 12.4 Å². The molecule has 1 atom stereocenters. The van der Waals surface area contributed by atoms with E-state index in [1.54, 1.807) is 4.90 Å². The summed E-state index contributed by atoms with van der Waals surface area (Å²) in [6, 6.07) is 0. The Morgan fingerprint density at radius 1 is 1.23 bits per heavy atom. The molecule has 2 heterocycles. The molecule has 22 heavy (non-hydrogen) atoms. The van der Waals surface area contributed by atoms with Gasteiger partial charge in [0.05, 0.1) is 0 Å². The van der Waals surface area contributed by atoms with Crippen molar-refractivity contribution in [3.05, 3.63) is 0 Å². The first-order chi connectivity index (χ1) is 9.88. The molecular weight excluding hydrogens is 328 g/mol. The van der Waals surface area contributed by atoms with Crippen LogP contribution in [0.5, 0.6) is 0 Å². The van der Waals surface area contributed by atoms with Crippen LogP contribution in [0.4, 0.5) is 0 Å². The number of hydrogen-bond donors (Lipinski definition) is 2. The number of nitrogens with zero attached hydrogens (tertiary/aromatic N) is 2. The molecule has 130 valence electrons. The van der Waals surface area contributed by atoms with Gasteiger partial charge in [-0.3, -0.25) is 4.79 Å². The van der Waals surface area contributed by atoms with Crippen molar-refractivity contribution >= 4 is 28.5 Å². The van der Waals surface area contributed by atoms with E-state index in [1.807, 2.05) is 0 Å². The summed E-state index contributed by atoms with van der Waals surface area (Å²) in [6.07, 6.45) is 2.82. The zero-order valence-electron chi connectivity index (χ0n) is 13.0. The first-order valence-electron chi connectivity index (χ1n) is 7.64. The summed E-state index contributed by atoms with van der Waals surface area (Å²) < 4.78 is 23.7. The molecule has 1 unspecified atom stereocenters. The van der Waals surface area contributed by atoms with Gasteiger partial charge in [0.25, 0.3) is 10.2 Å². The van der Waals surface area contributed by atoms with Crippen molar-refractivity contribution in [1.82, 2.24) is 14.5 Å². The van der Waals surface area contributed by atoms with E-state index in [4.69, 9.17) is 5.14 Å². The van der Waals surface area contributed by atoms with E-state index in [0.717, 1.165) is 25.9 Å². The third-order valence-corrected chi connectivity index (χ3v) is 5.72. The van der Waals surface area contributed by atoms with Crippen LogP contribution in [-0.2, 0) is 15.0 Å². The molecular formula is C13H27ClN4O3S. The largest absolute Gasteiger partial charge is 0.340 e. The molecule has 0 aromatic carbocycles. The Morgan fingerprint density at radius 3 is 2.27 bits per heavy atom. The number of piperazine rings is 1. The second-order valence-corrected chi connectivity index (χ2v) is 7.64. The van der Waals surface area contributed by atoms with Gasteiger partial charge in [0.1, 0.15) is 0 Å². The van der Waals surface area contributed by atoms with Crippen molar-refractivity contribution < 1.29 is 13.2 Å². The second-order valence-electron chi connectivity index (χ2n) is 6.09. The third-order valence-electron chi connectivity index (χ3n) is 4.64. The Morgan fingerprint density at radius 2 is 1.77 bits per heavy atom. The van der Waals surface area contributed by atoms with E-state index in [0.29, 0.717) is 44.4 Å². The van der Waals surface area contributed by atoms with Crippen LogP contribution in [-0.4, -0.2) is 62.8 Å². The maximum atomic E-state index is 12.3. The van der Waals surface area contributed by atoms with Crippen molar-refractivity contribution in [3.63, 3.8) is 0 Å². The molecule has 0 spiro atoms. The van der Waals surface area contributed by atoms with Gasteiger partial charge in [-0.1, -0.05) is 6.92 Å². The number of carbonyl (C=O) groups is 1. The fourth-order valence-corrected chi connectivity index (χ4v) is 3.85. The number of carbonyl (C=O) groups excluding carboxylic acids is 1. The quantitative estimate of drug-likeness (QED) is 0.729. The highest BCUT2D eigenvalue weighted by Gasteiger charge is 2.28. The van der Waals surface area contributed by atoms with Crippen molar-refractivity contribution in [3.8, 4) is 0 Å². The molecule has 0 saturated carbocycles. The first-order valence-corrected chi connectivity index (χ1v) is 9.14. The minimum Gasteiger partial charge on any atom is -0.340 e. The maximum Gasteiger partial charge on any atom is 0.277 e. The number of nitrogens with two attached hydrogens (primary N) is 1. The Balaban J connectivity index is 0.00000242. The molecule has 2 aliphatic heterocycles. The van der Waals surface area contributed by atoms with Crippen LogP contribution in [0.2, 0.25) is 0 Å². The minimum atomic E-state index is -3.63. The maximum absolute atomic E-state index is 12.3. The number of hydrogen-bond acceptors (Lipinski definition) is 4. The Hall–Kier alpha value is -0.410. The lowest BCUT2D eigenvalue weighted by atomic mass is 9.84. The first kappa shape index (κ1) is 19.6. The predicted octanol–water partition coefficient (Wildman–Crippen LogP) is -0.218. The number of halogens is 1. The van der Waals surface area contributed by atoms with Crippen LogP contribution in [0, 0.1) is 11.8 Å². The molecule has 2 saturated heterocycles. The van der Waals surface area contributed by atoms with Gasteiger partial charge in [-0.2, -0.15) is 12.7 Å². The summed E-state index contributed by atoms with van der Waals surface area (Å²) in [7, 11) is -3.63.